The maximum absolute atomic E-state index is 13.4. The van der Waals surface area contributed by atoms with Crippen LogP contribution in [0.4, 0.5) is 16.3 Å². The number of anilines is 2. The van der Waals surface area contributed by atoms with Crippen LogP contribution in [0, 0.1) is 5.82 Å². The first-order chi connectivity index (χ1) is 13.3. The number of allylic oxidation sites excluding steroid dienone is 1. The van der Waals surface area contributed by atoms with Crippen molar-refractivity contribution in [2.45, 2.75) is 6.04 Å². The third-order valence-corrected chi connectivity index (χ3v) is 4.91. The number of sulfonamides is 1. The minimum absolute atomic E-state index is 0.0529. The van der Waals surface area contributed by atoms with Crippen molar-refractivity contribution in [1.29, 1.82) is 0 Å². The second-order valence-corrected chi connectivity index (χ2v) is 8.47. The minimum Gasteiger partial charge on any atom is -0.324 e. The standard InChI is InChI=1S/C18H15ClFN5O2S/c1-28(26,27)24-17-22-18-21-15(11-2-6-13(19)7-3-11)10-16(25(18)23-17)12-4-8-14(20)9-5-12/h2-10,16H,1H3,(H2,21,22,23,24). The van der Waals surface area contributed by atoms with E-state index in [9.17, 15) is 12.8 Å². The highest BCUT2D eigenvalue weighted by Crippen LogP contribution is 2.33. The number of rotatable bonds is 4. The Morgan fingerprint density at radius 1 is 1.14 bits per heavy atom. The quantitative estimate of drug-likeness (QED) is 0.675. The van der Waals surface area contributed by atoms with Crippen LogP contribution < -0.4 is 10.0 Å². The van der Waals surface area contributed by atoms with Crippen molar-refractivity contribution in [3.63, 3.8) is 0 Å². The smallest absolute Gasteiger partial charge is 0.257 e. The van der Waals surface area contributed by atoms with E-state index < -0.39 is 16.1 Å². The zero-order valence-corrected chi connectivity index (χ0v) is 16.2. The summed E-state index contributed by atoms with van der Waals surface area (Å²) in [6.45, 7) is 0. The number of aromatic nitrogens is 3. The van der Waals surface area contributed by atoms with Crippen LogP contribution >= 0.6 is 11.6 Å². The fourth-order valence-corrected chi connectivity index (χ4v) is 3.44. The lowest BCUT2D eigenvalue weighted by atomic mass is 10.0. The van der Waals surface area contributed by atoms with Gasteiger partial charge in [0.15, 0.2) is 0 Å². The molecule has 28 heavy (non-hydrogen) atoms. The molecule has 1 aromatic heterocycles. The summed E-state index contributed by atoms with van der Waals surface area (Å²) in [5.74, 6) is -0.0476. The van der Waals surface area contributed by atoms with Gasteiger partial charge in [0.05, 0.1) is 6.26 Å². The molecule has 3 aromatic rings. The number of benzene rings is 2. The average Bonchev–Trinajstić information content (AvgIpc) is 3.02. The summed E-state index contributed by atoms with van der Waals surface area (Å²) in [7, 11) is -3.53. The predicted molar refractivity (Wildman–Crippen MR) is 106 cm³/mol. The Hall–Kier alpha value is -2.91. The fourth-order valence-electron chi connectivity index (χ4n) is 2.90. The van der Waals surface area contributed by atoms with Gasteiger partial charge in [-0.25, -0.2) is 17.5 Å². The molecule has 2 N–H and O–H groups in total. The van der Waals surface area contributed by atoms with Gasteiger partial charge >= 0.3 is 0 Å². The number of halogens is 2. The fraction of sp³-hybridized carbons (Fsp3) is 0.111. The summed E-state index contributed by atoms with van der Waals surface area (Å²) >= 11 is 5.97. The van der Waals surface area contributed by atoms with Crippen molar-refractivity contribution >= 4 is 39.2 Å². The van der Waals surface area contributed by atoms with Gasteiger partial charge in [-0.15, -0.1) is 5.10 Å². The van der Waals surface area contributed by atoms with Gasteiger partial charge in [-0.3, -0.25) is 4.72 Å². The molecule has 0 saturated heterocycles. The van der Waals surface area contributed by atoms with Gasteiger partial charge in [0.2, 0.25) is 16.0 Å². The molecule has 2 heterocycles. The molecule has 2 aromatic carbocycles. The first kappa shape index (κ1) is 18.5. The Labute approximate surface area is 165 Å². The van der Waals surface area contributed by atoms with E-state index in [-0.39, 0.29) is 11.8 Å². The average molecular weight is 420 g/mol. The van der Waals surface area contributed by atoms with E-state index in [2.05, 4.69) is 20.1 Å². The van der Waals surface area contributed by atoms with Crippen molar-refractivity contribution < 1.29 is 12.8 Å². The third kappa shape index (κ3) is 3.85. The zero-order valence-electron chi connectivity index (χ0n) is 14.6. The molecule has 0 bridgehead atoms. The summed E-state index contributed by atoms with van der Waals surface area (Å²) < 4.78 is 40.2. The van der Waals surface area contributed by atoms with Gasteiger partial charge in [0.1, 0.15) is 11.9 Å². The topological polar surface area (TPSA) is 88.9 Å². The molecule has 0 fully saturated rings. The maximum Gasteiger partial charge on any atom is 0.257 e. The van der Waals surface area contributed by atoms with Crippen molar-refractivity contribution in [2.75, 3.05) is 16.3 Å². The van der Waals surface area contributed by atoms with Gasteiger partial charge < -0.3 is 5.32 Å². The van der Waals surface area contributed by atoms with Crippen LogP contribution in [-0.4, -0.2) is 29.4 Å². The van der Waals surface area contributed by atoms with E-state index in [4.69, 9.17) is 11.6 Å². The minimum atomic E-state index is -3.53. The molecule has 0 amide bonds. The highest BCUT2D eigenvalue weighted by atomic mass is 35.5. The molecule has 1 aliphatic rings. The molecule has 1 atom stereocenters. The van der Waals surface area contributed by atoms with Gasteiger partial charge in [-0.05, 0) is 41.5 Å². The molecule has 0 aliphatic carbocycles. The van der Waals surface area contributed by atoms with Crippen molar-refractivity contribution in [2.24, 2.45) is 0 Å². The van der Waals surface area contributed by atoms with Crippen molar-refractivity contribution in [1.82, 2.24) is 14.8 Å². The number of fused-ring (bicyclic) bond motifs is 1. The van der Waals surface area contributed by atoms with E-state index in [1.807, 2.05) is 18.2 Å². The highest BCUT2D eigenvalue weighted by Gasteiger charge is 2.26. The number of nitrogens with one attached hydrogen (secondary N) is 2. The van der Waals surface area contributed by atoms with Crippen LogP contribution in [0.5, 0.6) is 0 Å². The molecule has 7 nitrogen and oxygen atoms in total. The van der Waals surface area contributed by atoms with E-state index in [0.29, 0.717) is 11.0 Å². The molecule has 4 rings (SSSR count). The van der Waals surface area contributed by atoms with Gasteiger partial charge in [-0.2, -0.15) is 4.98 Å². The van der Waals surface area contributed by atoms with Gasteiger partial charge in [0, 0.05) is 10.7 Å². The molecule has 10 heteroatoms. The molecule has 1 unspecified atom stereocenters. The molecular formula is C18H15ClFN5O2S. The van der Waals surface area contributed by atoms with Crippen molar-refractivity contribution in [3.05, 3.63) is 76.6 Å². The Bertz CT molecular complexity index is 1160. The predicted octanol–water partition coefficient (Wildman–Crippen LogP) is 3.50. The maximum atomic E-state index is 13.4. The monoisotopic (exact) mass is 419 g/mol. The summed E-state index contributed by atoms with van der Waals surface area (Å²) in [5.41, 5.74) is 2.38. The summed E-state index contributed by atoms with van der Waals surface area (Å²) in [4.78, 5) is 4.23. The first-order valence-corrected chi connectivity index (χ1v) is 10.5. The molecule has 1 aliphatic heterocycles. The summed E-state index contributed by atoms with van der Waals surface area (Å²) in [6, 6.07) is 12.8. The lowest BCUT2D eigenvalue weighted by Gasteiger charge is -2.24. The van der Waals surface area contributed by atoms with E-state index in [1.54, 1.807) is 28.9 Å². The van der Waals surface area contributed by atoms with Crippen LogP contribution in [0.3, 0.4) is 0 Å². The lowest BCUT2D eigenvalue weighted by molar-refractivity contribution is 0.600. The summed E-state index contributed by atoms with van der Waals surface area (Å²) in [6.07, 6.45) is 2.93. The second kappa shape index (κ2) is 6.92. The largest absolute Gasteiger partial charge is 0.324 e. The van der Waals surface area contributed by atoms with E-state index >= 15 is 0 Å². The number of nitrogens with zero attached hydrogens (tertiary/aromatic N) is 3. The second-order valence-electron chi connectivity index (χ2n) is 6.29. The van der Waals surface area contributed by atoms with Crippen LogP contribution in [0.15, 0.2) is 54.6 Å². The van der Waals surface area contributed by atoms with Gasteiger partial charge in [0.25, 0.3) is 5.95 Å². The van der Waals surface area contributed by atoms with Crippen LogP contribution in [0.1, 0.15) is 17.2 Å². The van der Waals surface area contributed by atoms with Crippen LogP contribution in [0.25, 0.3) is 5.70 Å². The van der Waals surface area contributed by atoms with E-state index in [0.717, 1.165) is 23.1 Å². The first-order valence-electron chi connectivity index (χ1n) is 8.23. The van der Waals surface area contributed by atoms with Gasteiger partial charge in [-0.1, -0.05) is 35.9 Å². The molecule has 0 radical (unpaired) electrons. The van der Waals surface area contributed by atoms with Crippen LogP contribution in [-0.2, 0) is 10.0 Å². The molecule has 0 saturated carbocycles. The lowest BCUT2D eigenvalue weighted by Crippen LogP contribution is -2.20. The Kier molecular flexibility index (Phi) is 4.56. The Morgan fingerprint density at radius 3 is 2.46 bits per heavy atom. The summed E-state index contributed by atoms with van der Waals surface area (Å²) in [5, 5.41) is 8.01. The molecular weight excluding hydrogens is 405 g/mol. The SMILES string of the molecule is CS(=O)(=O)Nc1nc2n(n1)C(c1ccc(F)cc1)C=C(c1ccc(Cl)cc1)N2. The van der Waals surface area contributed by atoms with Crippen molar-refractivity contribution in [3.8, 4) is 0 Å². The normalized spacial score (nSPS) is 16.1. The zero-order chi connectivity index (χ0) is 19.9. The third-order valence-electron chi connectivity index (χ3n) is 4.11. The molecule has 0 spiro atoms. The Balaban J connectivity index is 1.80. The highest BCUT2D eigenvalue weighted by molar-refractivity contribution is 7.91. The Morgan fingerprint density at radius 2 is 1.82 bits per heavy atom. The number of hydrogen-bond acceptors (Lipinski definition) is 5. The number of hydrogen-bond donors (Lipinski definition) is 2. The molecule has 144 valence electrons. The van der Waals surface area contributed by atoms with Crippen LogP contribution in [0.2, 0.25) is 5.02 Å². The van der Waals surface area contributed by atoms with E-state index in [1.165, 1.54) is 12.1 Å².